The first kappa shape index (κ1) is 16.6. The maximum Gasteiger partial charge on any atom is 0.270 e. The lowest BCUT2D eigenvalue weighted by Crippen LogP contribution is -2.32. The molecule has 2 N–H and O–H groups in total. The summed E-state index contributed by atoms with van der Waals surface area (Å²) in [5.41, 5.74) is 1.16. The van der Waals surface area contributed by atoms with Crippen LogP contribution in [-0.4, -0.2) is 67.2 Å². The normalized spacial score (nSPS) is 17.7. The van der Waals surface area contributed by atoms with Crippen LogP contribution < -0.4 is 10.6 Å². The summed E-state index contributed by atoms with van der Waals surface area (Å²) in [6.45, 7) is 4.78. The summed E-state index contributed by atoms with van der Waals surface area (Å²) in [5, 5.41) is 6.02. The summed E-state index contributed by atoms with van der Waals surface area (Å²) in [7, 11) is 4.01. The summed E-state index contributed by atoms with van der Waals surface area (Å²) in [6.07, 6.45) is 2.19. The number of nitrogens with one attached hydrogen (secondary N) is 2. The topological polar surface area (TPSA) is 79.4 Å². The number of nitrogens with zero attached hydrogens (tertiary/aromatic N) is 3. The summed E-state index contributed by atoms with van der Waals surface area (Å²) >= 11 is 0. The second kappa shape index (κ2) is 8.05. The molecule has 1 fully saturated rings. The average molecular weight is 307 g/mol. The number of amides is 1. The number of aromatic nitrogens is 2. The average Bonchev–Trinajstić information content (AvgIpc) is 2.97. The molecule has 0 aromatic carbocycles. The Hall–Kier alpha value is -1.73. The minimum Gasteiger partial charge on any atom is -0.376 e. The molecule has 1 amide bonds. The van der Waals surface area contributed by atoms with Gasteiger partial charge in [-0.25, -0.2) is 9.97 Å². The van der Waals surface area contributed by atoms with Gasteiger partial charge in [-0.2, -0.15) is 0 Å². The molecule has 7 heteroatoms. The van der Waals surface area contributed by atoms with Crippen molar-refractivity contribution in [3.8, 4) is 0 Å². The second-order valence-corrected chi connectivity index (χ2v) is 5.79. The van der Waals surface area contributed by atoms with Crippen molar-refractivity contribution in [1.82, 2.24) is 20.2 Å². The molecule has 1 aliphatic rings. The fourth-order valence-corrected chi connectivity index (χ4v) is 2.26. The molecule has 0 bridgehead atoms. The third-order valence-corrected chi connectivity index (χ3v) is 3.44. The minimum atomic E-state index is -0.184. The fraction of sp³-hybridized carbons (Fsp3) is 0.667. The standard InChI is InChI=1S/C15H25N5O2/c1-11-9-13(14(21)17-10-12-5-4-8-22-12)19-15(18-11)16-6-7-20(2)3/h9,12H,4-8,10H2,1-3H3,(H,17,21)(H,16,18,19). The van der Waals surface area contributed by atoms with Gasteiger partial charge in [-0.15, -0.1) is 0 Å². The van der Waals surface area contributed by atoms with Gasteiger partial charge < -0.3 is 20.3 Å². The summed E-state index contributed by atoms with van der Waals surface area (Å²) in [6, 6.07) is 1.70. The largest absolute Gasteiger partial charge is 0.376 e. The first-order chi connectivity index (χ1) is 10.5. The first-order valence-corrected chi connectivity index (χ1v) is 7.68. The summed E-state index contributed by atoms with van der Waals surface area (Å²) in [5.74, 6) is 0.306. The molecule has 1 aliphatic heterocycles. The molecule has 22 heavy (non-hydrogen) atoms. The number of hydrogen-bond acceptors (Lipinski definition) is 6. The number of likely N-dealkylation sites (N-methyl/N-ethyl adjacent to an activating group) is 1. The van der Waals surface area contributed by atoms with Gasteiger partial charge in [-0.1, -0.05) is 0 Å². The van der Waals surface area contributed by atoms with Gasteiger partial charge in [-0.05, 0) is 39.9 Å². The molecule has 1 saturated heterocycles. The highest BCUT2D eigenvalue weighted by atomic mass is 16.5. The molecular weight excluding hydrogens is 282 g/mol. The molecule has 7 nitrogen and oxygen atoms in total. The van der Waals surface area contributed by atoms with Crippen LogP contribution in [0.1, 0.15) is 29.0 Å². The van der Waals surface area contributed by atoms with E-state index in [0.717, 1.165) is 38.2 Å². The Morgan fingerprint density at radius 3 is 2.95 bits per heavy atom. The molecule has 1 aromatic rings. The minimum absolute atomic E-state index is 0.129. The smallest absolute Gasteiger partial charge is 0.270 e. The van der Waals surface area contributed by atoms with E-state index in [4.69, 9.17) is 4.74 Å². The maximum atomic E-state index is 12.2. The van der Waals surface area contributed by atoms with Gasteiger partial charge in [0, 0.05) is 31.9 Å². The highest BCUT2D eigenvalue weighted by molar-refractivity contribution is 5.92. The van der Waals surface area contributed by atoms with Crippen LogP contribution in [0.25, 0.3) is 0 Å². The quantitative estimate of drug-likeness (QED) is 0.771. The number of carbonyl (C=O) groups is 1. The molecule has 0 radical (unpaired) electrons. The van der Waals surface area contributed by atoms with Crippen molar-refractivity contribution in [3.05, 3.63) is 17.5 Å². The van der Waals surface area contributed by atoms with Crippen LogP contribution in [0.15, 0.2) is 6.07 Å². The number of hydrogen-bond donors (Lipinski definition) is 2. The van der Waals surface area contributed by atoms with Crippen molar-refractivity contribution in [2.24, 2.45) is 0 Å². The third-order valence-electron chi connectivity index (χ3n) is 3.44. The maximum absolute atomic E-state index is 12.2. The van der Waals surface area contributed by atoms with Crippen molar-refractivity contribution < 1.29 is 9.53 Å². The molecular formula is C15H25N5O2. The molecule has 2 rings (SSSR count). The van der Waals surface area contributed by atoms with Crippen molar-refractivity contribution >= 4 is 11.9 Å². The zero-order chi connectivity index (χ0) is 15.9. The predicted octanol–water partition coefficient (Wildman–Crippen LogP) is 0.667. The van der Waals surface area contributed by atoms with Crippen molar-refractivity contribution in [1.29, 1.82) is 0 Å². The Balaban J connectivity index is 1.91. The van der Waals surface area contributed by atoms with Crippen molar-refractivity contribution in [3.63, 3.8) is 0 Å². The van der Waals surface area contributed by atoms with Crippen LogP contribution in [0.2, 0.25) is 0 Å². The van der Waals surface area contributed by atoms with E-state index in [2.05, 4.69) is 25.5 Å². The van der Waals surface area contributed by atoms with E-state index >= 15 is 0 Å². The highest BCUT2D eigenvalue weighted by Crippen LogP contribution is 2.11. The molecule has 122 valence electrons. The van der Waals surface area contributed by atoms with Crippen LogP contribution in [0, 0.1) is 6.92 Å². The Kier molecular flexibility index (Phi) is 6.09. The number of anilines is 1. The molecule has 2 heterocycles. The molecule has 0 saturated carbocycles. The van der Waals surface area contributed by atoms with E-state index in [1.165, 1.54) is 0 Å². The summed E-state index contributed by atoms with van der Waals surface area (Å²) in [4.78, 5) is 22.8. The lowest BCUT2D eigenvalue weighted by atomic mass is 10.2. The van der Waals surface area contributed by atoms with E-state index in [1.807, 2.05) is 21.0 Å². The molecule has 1 aromatic heterocycles. The van der Waals surface area contributed by atoms with Gasteiger partial charge in [0.2, 0.25) is 5.95 Å². The van der Waals surface area contributed by atoms with Crippen molar-refractivity contribution in [2.75, 3.05) is 45.7 Å². The second-order valence-electron chi connectivity index (χ2n) is 5.79. The third kappa shape index (κ3) is 5.23. The summed E-state index contributed by atoms with van der Waals surface area (Å²) < 4.78 is 5.50. The number of carbonyl (C=O) groups excluding carboxylic acids is 1. The Morgan fingerprint density at radius 1 is 1.45 bits per heavy atom. The fourth-order valence-electron chi connectivity index (χ4n) is 2.26. The molecule has 0 spiro atoms. The lowest BCUT2D eigenvalue weighted by molar-refractivity contribution is 0.0853. The van der Waals surface area contributed by atoms with Crippen LogP contribution in [0.5, 0.6) is 0 Å². The van der Waals surface area contributed by atoms with Crippen LogP contribution in [0.4, 0.5) is 5.95 Å². The number of ether oxygens (including phenoxy) is 1. The Morgan fingerprint density at radius 2 is 2.27 bits per heavy atom. The first-order valence-electron chi connectivity index (χ1n) is 7.68. The van der Waals surface area contributed by atoms with Crippen LogP contribution in [-0.2, 0) is 4.74 Å². The van der Waals surface area contributed by atoms with E-state index in [9.17, 15) is 4.79 Å². The molecule has 1 unspecified atom stereocenters. The highest BCUT2D eigenvalue weighted by Gasteiger charge is 2.17. The van der Waals surface area contributed by atoms with E-state index < -0.39 is 0 Å². The van der Waals surface area contributed by atoms with E-state index in [0.29, 0.717) is 18.2 Å². The van der Waals surface area contributed by atoms with E-state index in [1.54, 1.807) is 6.07 Å². The molecule has 0 aliphatic carbocycles. The van der Waals surface area contributed by atoms with Gasteiger partial charge in [-0.3, -0.25) is 4.79 Å². The van der Waals surface area contributed by atoms with Crippen LogP contribution in [0.3, 0.4) is 0 Å². The van der Waals surface area contributed by atoms with Crippen LogP contribution >= 0.6 is 0 Å². The Labute approximate surface area is 131 Å². The zero-order valence-electron chi connectivity index (χ0n) is 13.6. The SMILES string of the molecule is Cc1cc(C(=O)NCC2CCCO2)nc(NCCN(C)C)n1. The lowest BCUT2D eigenvalue weighted by Gasteiger charge is -2.13. The Bertz CT molecular complexity index is 501. The van der Waals surface area contributed by atoms with Gasteiger partial charge in [0.25, 0.3) is 5.91 Å². The van der Waals surface area contributed by atoms with Gasteiger partial charge in [0.15, 0.2) is 0 Å². The number of rotatable bonds is 7. The van der Waals surface area contributed by atoms with Gasteiger partial charge in [0.1, 0.15) is 5.69 Å². The van der Waals surface area contributed by atoms with Crippen molar-refractivity contribution in [2.45, 2.75) is 25.9 Å². The number of aryl methyl sites for hydroxylation is 1. The molecule has 1 atom stereocenters. The predicted molar refractivity (Wildman–Crippen MR) is 85.1 cm³/mol. The van der Waals surface area contributed by atoms with Gasteiger partial charge in [0.05, 0.1) is 6.10 Å². The van der Waals surface area contributed by atoms with Gasteiger partial charge >= 0.3 is 0 Å². The monoisotopic (exact) mass is 307 g/mol. The van der Waals surface area contributed by atoms with E-state index in [-0.39, 0.29) is 12.0 Å². The zero-order valence-corrected chi connectivity index (χ0v) is 13.6.